The van der Waals surface area contributed by atoms with E-state index in [2.05, 4.69) is 10.3 Å². The van der Waals surface area contributed by atoms with Crippen molar-refractivity contribution in [2.24, 2.45) is 0 Å². The highest BCUT2D eigenvalue weighted by Gasteiger charge is 2.29. The van der Waals surface area contributed by atoms with Crippen LogP contribution in [0.15, 0.2) is 30.3 Å². The second-order valence-corrected chi connectivity index (χ2v) is 8.64. The lowest BCUT2D eigenvalue weighted by Crippen LogP contribution is -2.43. The Morgan fingerprint density at radius 1 is 1.20 bits per heavy atom. The van der Waals surface area contributed by atoms with Gasteiger partial charge in [-0.25, -0.2) is 14.8 Å². The number of carbonyl (C=O) groups is 2. The molecule has 1 N–H and O–H groups in total. The summed E-state index contributed by atoms with van der Waals surface area (Å²) in [7, 11) is 0. The summed E-state index contributed by atoms with van der Waals surface area (Å²) in [4.78, 5) is 36.4. The van der Waals surface area contributed by atoms with E-state index in [9.17, 15) is 9.59 Å². The first-order valence-corrected chi connectivity index (χ1v) is 11.1. The van der Waals surface area contributed by atoms with Crippen molar-refractivity contribution in [3.05, 3.63) is 57.9 Å². The van der Waals surface area contributed by atoms with Crippen LogP contribution < -0.4 is 5.32 Å². The summed E-state index contributed by atoms with van der Waals surface area (Å²) < 4.78 is 5.20. The molecule has 156 valence electrons. The SMILES string of the molecule is CCOC(=O)C(Cc1ccccc1)NC(=O)c1sc2nc(C3CC3)nc(C)c2c1C. The monoisotopic (exact) mass is 423 g/mol. The van der Waals surface area contributed by atoms with Crippen LogP contribution in [-0.2, 0) is 16.0 Å². The molecule has 1 aliphatic rings. The lowest BCUT2D eigenvalue weighted by atomic mass is 10.1. The van der Waals surface area contributed by atoms with E-state index in [1.165, 1.54) is 11.3 Å². The normalized spacial score (nSPS) is 14.5. The van der Waals surface area contributed by atoms with E-state index in [1.807, 2.05) is 44.2 Å². The summed E-state index contributed by atoms with van der Waals surface area (Å²) in [6.07, 6.45) is 2.63. The summed E-state index contributed by atoms with van der Waals surface area (Å²) in [6.45, 7) is 5.90. The molecule has 1 aliphatic carbocycles. The van der Waals surface area contributed by atoms with Crippen LogP contribution in [0.5, 0.6) is 0 Å². The van der Waals surface area contributed by atoms with Crippen molar-refractivity contribution < 1.29 is 14.3 Å². The summed E-state index contributed by atoms with van der Waals surface area (Å²) in [5.74, 6) is 0.617. The van der Waals surface area contributed by atoms with E-state index in [1.54, 1.807) is 6.92 Å². The Hall–Kier alpha value is -2.80. The van der Waals surface area contributed by atoms with Crippen molar-refractivity contribution >= 4 is 33.4 Å². The minimum atomic E-state index is -0.751. The first-order chi connectivity index (χ1) is 14.5. The molecular weight excluding hydrogens is 398 g/mol. The van der Waals surface area contributed by atoms with Gasteiger partial charge in [0.15, 0.2) is 0 Å². The fraction of sp³-hybridized carbons (Fsp3) is 0.391. The minimum absolute atomic E-state index is 0.265. The second-order valence-electron chi connectivity index (χ2n) is 7.65. The maximum Gasteiger partial charge on any atom is 0.328 e. The topological polar surface area (TPSA) is 81.2 Å². The van der Waals surface area contributed by atoms with E-state index < -0.39 is 12.0 Å². The number of carbonyl (C=O) groups excluding carboxylic acids is 2. The van der Waals surface area contributed by atoms with Crippen molar-refractivity contribution in [3.8, 4) is 0 Å². The van der Waals surface area contributed by atoms with Crippen LogP contribution in [0.2, 0.25) is 0 Å². The molecule has 4 rings (SSSR count). The van der Waals surface area contributed by atoms with Crippen molar-refractivity contribution in [3.63, 3.8) is 0 Å². The van der Waals surface area contributed by atoms with Gasteiger partial charge in [0.25, 0.3) is 5.91 Å². The molecule has 1 unspecified atom stereocenters. The van der Waals surface area contributed by atoms with E-state index in [0.29, 0.717) is 17.2 Å². The molecule has 0 bridgehead atoms. The van der Waals surface area contributed by atoms with Gasteiger partial charge in [0, 0.05) is 17.7 Å². The molecule has 1 atom stereocenters. The zero-order valence-corrected chi connectivity index (χ0v) is 18.2. The van der Waals surface area contributed by atoms with Crippen LogP contribution in [0.4, 0.5) is 0 Å². The molecule has 0 radical (unpaired) electrons. The Balaban J connectivity index is 1.61. The molecule has 1 aromatic carbocycles. The number of amides is 1. The van der Waals surface area contributed by atoms with Gasteiger partial charge in [-0.15, -0.1) is 11.3 Å². The van der Waals surface area contributed by atoms with E-state index in [4.69, 9.17) is 9.72 Å². The molecule has 2 aromatic heterocycles. The number of nitrogens with zero attached hydrogens (tertiary/aromatic N) is 2. The van der Waals surface area contributed by atoms with Crippen LogP contribution in [0.1, 0.15) is 58.0 Å². The Kier molecular flexibility index (Phi) is 5.81. The van der Waals surface area contributed by atoms with Gasteiger partial charge in [-0.1, -0.05) is 30.3 Å². The van der Waals surface area contributed by atoms with Gasteiger partial charge in [0.05, 0.1) is 17.2 Å². The Labute approximate surface area is 179 Å². The predicted molar refractivity (Wildman–Crippen MR) is 117 cm³/mol. The fourth-order valence-corrected chi connectivity index (χ4v) is 4.75. The molecule has 2 heterocycles. The van der Waals surface area contributed by atoms with Gasteiger partial charge in [0.2, 0.25) is 0 Å². The number of benzene rings is 1. The number of fused-ring (bicyclic) bond motifs is 1. The molecule has 0 aliphatic heterocycles. The molecule has 0 spiro atoms. The lowest BCUT2D eigenvalue weighted by Gasteiger charge is -2.17. The summed E-state index contributed by atoms with van der Waals surface area (Å²) >= 11 is 1.36. The van der Waals surface area contributed by atoms with Gasteiger partial charge in [-0.2, -0.15) is 0 Å². The minimum Gasteiger partial charge on any atom is -0.464 e. The number of nitrogens with one attached hydrogen (secondary N) is 1. The first-order valence-electron chi connectivity index (χ1n) is 10.3. The number of esters is 1. The van der Waals surface area contributed by atoms with Gasteiger partial charge in [0.1, 0.15) is 16.7 Å². The van der Waals surface area contributed by atoms with Crippen LogP contribution in [0.25, 0.3) is 10.2 Å². The quantitative estimate of drug-likeness (QED) is 0.579. The fourth-order valence-electron chi connectivity index (χ4n) is 3.61. The standard InChI is InChI=1S/C23H25N3O3S/c1-4-29-23(28)17(12-15-8-6-5-7-9-15)25-21(27)19-13(2)18-14(3)24-20(16-10-11-16)26-22(18)30-19/h5-9,16-17H,4,10-12H2,1-3H3,(H,25,27). The number of hydrogen-bond acceptors (Lipinski definition) is 6. The lowest BCUT2D eigenvalue weighted by molar-refractivity contribution is -0.145. The number of rotatable bonds is 7. The Morgan fingerprint density at radius 2 is 1.93 bits per heavy atom. The smallest absolute Gasteiger partial charge is 0.328 e. The van der Waals surface area contributed by atoms with Gasteiger partial charge in [-0.3, -0.25) is 4.79 Å². The third-order valence-electron chi connectivity index (χ3n) is 5.30. The number of aromatic nitrogens is 2. The maximum atomic E-state index is 13.1. The highest BCUT2D eigenvalue weighted by molar-refractivity contribution is 7.20. The molecule has 6 nitrogen and oxygen atoms in total. The molecule has 0 saturated heterocycles. The van der Waals surface area contributed by atoms with Crippen molar-refractivity contribution in [2.75, 3.05) is 6.61 Å². The summed E-state index contributed by atoms with van der Waals surface area (Å²) in [6, 6.07) is 8.85. The number of aryl methyl sites for hydroxylation is 2. The molecule has 7 heteroatoms. The van der Waals surface area contributed by atoms with Gasteiger partial charge in [-0.05, 0) is 44.7 Å². The van der Waals surface area contributed by atoms with E-state index in [0.717, 1.165) is 45.7 Å². The highest BCUT2D eigenvalue weighted by atomic mass is 32.1. The molecular formula is C23H25N3O3S. The zero-order chi connectivity index (χ0) is 21.3. The third-order valence-corrected chi connectivity index (χ3v) is 6.48. The van der Waals surface area contributed by atoms with Crippen molar-refractivity contribution in [1.29, 1.82) is 0 Å². The zero-order valence-electron chi connectivity index (χ0n) is 17.4. The largest absolute Gasteiger partial charge is 0.464 e. The highest BCUT2D eigenvalue weighted by Crippen LogP contribution is 2.40. The maximum absolute atomic E-state index is 13.1. The van der Waals surface area contributed by atoms with Gasteiger partial charge >= 0.3 is 5.97 Å². The van der Waals surface area contributed by atoms with E-state index in [-0.39, 0.29) is 12.5 Å². The average molecular weight is 424 g/mol. The summed E-state index contributed by atoms with van der Waals surface area (Å²) in [5, 5.41) is 3.82. The molecule has 1 fully saturated rings. The van der Waals surface area contributed by atoms with Crippen molar-refractivity contribution in [1.82, 2.24) is 15.3 Å². The van der Waals surface area contributed by atoms with Crippen molar-refractivity contribution in [2.45, 2.75) is 52.0 Å². The molecule has 30 heavy (non-hydrogen) atoms. The molecule has 1 saturated carbocycles. The van der Waals surface area contributed by atoms with Gasteiger partial charge < -0.3 is 10.1 Å². The Morgan fingerprint density at radius 3 is 2.60 bits per heavy atom. The molecule has 1 amide bonds. The predicted octanol–water partition coefficient (Wildman–Crippen LogP) is 4.09. The number of thiophene rings is 1. The van der Waals surface area contributed by atoms with Crippen LogP contribution in [0.3, 0.4) is 0 Å². The average Bonchev–Trinajstić information content (AvgIpc) is 3.52. The van der Waals surface area contributed by atoms with Crippen LogP contribution in [0, 0.1) is 13.8 Å². The van der Waals surface area contributed by atoms with Crippen LogP contribution >= 0.6 is 11.3 Å². The second kappa shape index (κ2) is 8.52. The summed E-state index contributed by atoms with van der Waals surface area (Å²) in [5.41, 5.74) is 2.72. The third kappa shape index (κ3) is 4.21. The number of ether oxygens (including phenoxy) is 1. The number of hydrogen-bond donors (Lipinski definition) is 1. The Bertz CT molecular complexity index is 1090. The van der Waals surface area contributed by atoms with E-state index >= 15 is 0 Å². The molecule has 3 aromatic rings. The van der Waals surface area contributed by atoms with Crippen LogP contribution in [-0.4, -0.2) is 34.5 Å². The first kappa shape index (κ1) is 20.5.